The summed E-state index contributed by atoms with van der Waals surface area (Å²) in [4.78, 5) is 24.6. The highest BCUT2D eigenvalue weighted by atomic mass is 16.5. The summed E-state index contributed by atoms with van der Waals surface area (Å²) in [5.41, 5.74) is 2.37. The maximum atomic E-state index is 13.2. The second-order valence-corrected chi connectivity index (χ2v) is 7.46. The Hall–Kier alpha value is -3.75. The second kappa shape index (κ2) is 11.2. The topological polar surface area (TPSA) is 110 Å². The number of amides is 2. The van der Waals surface area contributed by atoms with E-state index in [1.165, 1.54) is 5.01 Å². The van der Waals surface area contributed by atoms with Gasteiger partial charge in [0, 0.05) is 18.5 Å². The fourth-order valence-corrected chi connectivity index (χ4v) is 3.65. The van der Waals surface area contributed by atoms with Crippen molar-refractivity contribution in [2.45, 2.75) is 32.2 Å². The van der Waals surface area contributed by atoms with Crippen LogP contribution in [-0.4, -0.2) is 61.2 Å². The third kappa shape index (κ3) is 6.15. The zero-order valence-electron chi connectivity index (χ0n) is 19.0. The molecule has 0 unspecified atom stereocenters. The molecule has 2 aromatic rings. The number of nitrogens with one attached hydrogen (secondary N) is 1. The van der Waals surface area contributed by atoms with E-state index >= 15 is 0 Å². The third-order valence-corrected chi connectivity index (χ3v) is 5.27. The zero-order valence-corrected chi connectivity index (χ0v) is 19.0. The van der Waals surface area contributed by atoms with Gasteiger partial charge in [-0.05, 0) is 55.7 Å². The van der Waals surface area contributed by atoms with Gasteiger partial charge < -0.3 is 24.6 Å². The van der Waals surface area contributed by atoms with Gasteiger partial charge in [-0.3, -0.25) is 4.79 Å². The van der Waals surface area contributed by atoms with Crippen LogP contribution in [-0.2, 0) is 11.2 Å². The number of benzene rings is 2. The van der Waals surface area contributed by atoms with Gasteiger partial charge in [-0.25, -0.2) is 9.80 Å². The summed E-state index contributed by atoms with van der Waals surface area (Å²) in [7, 11) is 3.15. The van der Waals surface area contributed by atoms with Crippen LogP contribution in [0.2, 0.25) is 0 Å². The molecule has 0 aromatic heterocycles. The minimum Gasteiger partial charge on any atom is -0.497 e. The molecule has 1 atom stereocenters. The highest BCUT2D eigenvalue weighted by Gasteiger charge is 2.28. The molecular weight excluding hydrogens is 426 g/mol. The van der Waals surface area contributed by atoms with Crippen molar-refractivity contribution in [1.82, 2.24) is 10.3 Å². The summed E-state index contributed by atoms with van der Waals surface area (Å²) in [6.45, 7) is 2.80. The van der Waals surface area contributed by atoms with Crippen LogP contribution in [0.3, 0.4) is 0 Å². The van der Waals surface area contributed by atoms with Crippen LogP contribution in [0.15, 0.2) is 47.6 Å². The molecule has 0 saturated carbocycles. The van der Waals surface area contributed by atoms with Crippen molar-refractivity contribution >= 4 is 17.7 Å². The Bertz CT molecular complexity index is 1010. The molecule has 2 aromatic carbocycles. The van der Waals surface area contributed by atoms with Gasteiger partial charge in [-0.2, -0.15) is 5.10 Å². The lowest BCUT2D eigenvalue weighted by Gasteiger charge is -2.27. The van der Waals surface area contributed by atoms with Gasteiger partial charge in [0.1, 0.15) is 11.8 Å². The Labute approximate surface area is 192 Å². The fraction of sp³-hybridized carbons (Fsp3) is 0.375. The average molecular weight is 456 g/mol. The van der Waals surface area contributed by atoms with Crippen molar-refractivity contribution in [3.05, 3.63) is 53.6 Å². The summed E-state index contributed by atoms with van der Waals surface area (Å²) < 4.78 is 16.1. The Morgan fingerprint density at radius 1 is 1.12 bits per heavy atom. The molecule has 9 heteroatoms. The maximum Gasteiger partial charge on any atom is 0.405 e. The molecule has 1 aliphatic rings. The van der Waals surface area contributed by atoms with Crippen molar-refractivity contribution in [3.8, 4) is 17.2 Å². The monoisotopic (exact) mass is 455 g/mol. The highest BCUT2D eigenvalue weighted by Crippen LogP contribution is 2.29. The van der Waals surface area contributed by atoms with Gasteiger partial charge in [0.15, 0.2) is 11.5 Å². The number of hydrogen-bond acceptors (Lipinski definition) is 6. The van der Waals surface area contributed by atoms with E-state index in [1.54, 1.807) is 38.5 Å². The van der Waals surface area contributed by atoms with Crippen molar-refractivity contribution in [1.29, 1.82) is 0 Å². The van der Waals surface area contributed by atoms with Crippen LogP contribution in [0.25, 0.3) is 0 Å². The van der Waals surface area contributed by atoms with E-state index < -0.39 is 18.0 Å². The number of carbonyl (C=O) groups excluding carboxylic acids is 1. The number of rotatable bonds is 9. The smallest absolute Gasteiger partial charge is 0.405 e. The molecule has 1 aliphatic heterocycles. The molecule has 3 rings (SSSR count). The Balaban J connectivity index is 1.83. The average Bonchev–Trinajstić information content (AvgIpc) is 2.83. The van der Waals surface area contributed by atoms with Gasteiger partial charge in [0.2, 0.25) is 0 Å². The molecular formula is C24H29N3O6. The quantitative estimate of drug-likeness (QED) is 0.600. The number of carboxylic acid groups (broad SMARTS) is 1. The Kier molecular flexibility index (Phi) is 8.12. The normalized spacial score (nSPS) is 14.2. The number of hydrogen-bond donors (Lipinski definition) is 2. The highest BCUT2D eigenvalue weighted by molar-refractivity contribution is 6.02. The van der Waals surface area contributed by atoms with E-state index in [2.05, 4.69) is 10.4 Å². The van der Waals surface area contributed by atoms with Gasteiger partial charge >= 0.3 is 6.09 Å². The number of nitrogens with zero attached hydrogens (tertiary/aromatic N) is 2. The summed E-state index contributed by atoms with van der Waals surface area (Å²) in [5.74, 6) is 1.51. The number of carbonyl (C=O) groups is 2. The molecule has 1 heterocycles. The molecule has 0 fully saturated rings. The van der Waals surface area contributed by atoms with Crippen LogP contribution in [0.5, 0.6) is 17.2 Å². The lowest BCUT2D eigenvalue weighted by molar-refractivity contribution is -0.133. The van der Waals surface area contributed by atoms with Crippen molar-refractivity contribution in [2.75, 3.05) is 27.4 Å². The van der Waals surface area contributed by atoms with E-state index in [-0.39, 0.29) is 6.42 Å². The van der Waals surface area contributed by atoms with Crippen molar-refractivity contribution in [2.24, 2.45) is 5.10 Å². The lowest BCUT2D eigenvalue weighted by Crippen LogP contribution is -2.49. The molecule has 0 spiro atoms. The lowest BCUT2D eigenvalue weighted by atomic mass is 10.0. The van der Waals surface area contributed by atoms with E-state index in [4.69, 9.17) is 14.2 Å². The van der Waals surface area contributed by atoms with Gasteiger partial charge in [-0.1, -0.05) is 12.1 Å². The predicted molar refractivity (Wildman–Crippen MR) is 123 cm³/mol. The molecule has 0 radical (unpaired) electrons. The number of hydrazone groups is 1. The number of ether oxygens (including phenoxy) is 3. The predicted octanol–water partition coefficient (Wildman–Crippen LogP) is 3.31. The molecule has 2 N–H and O–H groups in total. The second-order valence-electron chi connectivity index (χ2n) is 7.46. The van der Waals surface area contributed by atoms with Crippen molar-refractivity contribution < 1.29 is 28.9 Å². The standard InChI is InChI=1S/C24H29N3O6/c1-4-33-22-15-17(9-12-21(22)32-3)19-6-5-13-27(26-19)23(28)20(25-24(29)30)14-16-7-10-18(31-2)11-8-16/h7-12,15,20,25H,4-6,13-14H2,1-3H3,(H,29,30)/t20-/m1/s1. The van der Waals surface area contributed by atoms with Crippen LogP contribution in [0.1, 0.15) is 30.9 Å². The van der Waals surface area contributed by atoms with Crippen LogP contribution >= 0.6 is 0 Å². The Morgan fingerprint density at radius 3 is 2.52 bits per heavy atom. The van der Waals surface area contributed by atoms with E-state index in [0.29, 0.717) is 43.2 Å². The van der Waals surface area contributed by atoms with Crippen molar-refractivity contribution in [3.63, 3.8) is 0 Å². The van der Waals surface area contributed by atoms with Crippen LogP contribution < -0.4 is 19.5 Å². The van der Waals surface area contributed by atoms with Crippen LogP contribution in [0, 0.1) is 0 Å². The minimum atomic E-state index is -1.26. The maximum absolute atomic E-state index is 13.2. The molecule has 0 bridgehead atoms. The fourth-order valence-electron chi connectivity index (χ4n) is 3.65. The third-order valence-electron chi connectivity index (χ3n) is 5.27. The molecule has 33 heavy (non-hydrogen) atoms. The number of methoxy groups -OCH3 is 2. The minimum absolute atomic E-state index is 0.202. The summed E-state index contributed by atoms with van der Waals surface area (Å²) >= 11 is 0. The Morgan fingerprint density at radius 2 is 1.88 bits per heavy atom. The SMILES string of the molecule is CCOc1cc(C2=NN(C(=O)[C@@H](Cc3ccc(OC)cc3)NC(=O)O)CCC2)ccc1OC. The molecule has 0 aliphatic carbocycles. The van der Waals surface area contributed by atoms with Gasteiger partial charge in [-0.15, -0.1) is 0 Å². The molecule has 0 saturated heterocycles. The van der Waals surface area contributed by atoms with Gasteiger partial charge in [0.05, 0.1) is 26.5 Å². The first-order valence-corrected chi connectivity index (χ1v) is 10.8. The summed E-state index contributed by atoms with van der Waals surface area (Å²) in [5, 5.41) is 17.5. The largest absolute Gasteiger partial charge is 0.497 e. The van der Waals surface area contributed by atoms with E-state index in [0.717, 1.165) is 16.8 Å². The van der Waals surface area contributed by atoms with Crippen LogP contribution in [0.4, 0.5) is 4.79 Å². The molecule has 176 valence electrons. The first-order chi connectivity index (χ1) is 15.9. The first-order valence-electron chi connectivity index (χ1n) is 10.8. The first kappa shape index (κ1) is 23.9. The summed E-state index contributed by atoms with van der Waals surface area (Å²) in [6, 6.07) is 11.7. The van der Waals surface area contributed by atoms with Gasteiger partial charge in [0.25, 0.3) is 5.91 Å². The van der Waals surface area contributed by atoms with E-state index in [1.807, 2.05) is 25.1 Å². The van der Waals surface area contributed by atoms with E-state index in [9.17, 15) is 14.7 Å². The molecule has 9 nitrogen and oxygen atoms in total. The summed E-state index contributed by atoms with van der Waals surface area (Å²) in [6.07, 6.45) is 0.340. The molecule has 2 amide bonds. The zero-order chi connectivity index (χ0) is 23.8.